The lowest BCUT2D eigenvalue weighted by Crippen LogP contribution is -2.10. The first-order valence-electron chi connectivity index (χ1n) is 6.10. The van der Waals surface area contributed by atoms with Crippen molar-refractivity contribution in [1.29, 1.82) is 0 Å². The summed E-state index contributed by atoms with van der Waals surface area (Å²) in [6.07, 6.45) is 1.79. The standard InChI is InChI=1S/C13H14Cl2N4S/c1-2-3-11-17-12(19-16)7-13(18-11)20-8-4-5-9(14)10(15)6-8/h4-7H,2-3,16H2,1H3,(H,17,18,19). The number of anilines is 1. The summed E-state index contributed by atoms with van der Waals surface area (Å²) in [5.41, 5.74) is 2.56. The zero-order valence-corrected chi connectivity index (χ0v) is 13.2. The Kier molecular flexibility index (Phi) is 5.48. The van der Waals surface area contributed by atoms with Gasteiger partial charge in [0.15, 0.2) is 0 Å². The molecule has 4 nitrogen and oxygen atoms in total. The second kappa shape index (κ2) is 7.13. The minimum absolute atomic E-state index is 0.525. The van der Waals surface area contributed by atoms with Crippen molar-refractivity contribution >= 4 is 40.8 Å². The van der Waals surface area contributed by atoms with Crippen LogP contribution in [0.25, 0.3) is 0 Å². The van der Waals surface area contributed by atoms with E-state index in [2.05, 4.69) is 22.3 Å². The summed E-state index contributed by atoms with van der Waals surface area (Å²) >= 11 is 13.4. The van der Waals surface area contributed by atoms with Crippen LogP contribution >= 0.6 is 35.0 Å². The van der Waals surface area contributed by atoms with Crippen LogP contribution in [0.3, 0.4) is 0 Å². The number of nitrogens with zero attached hydrogens (tertiary/aromatic N) is 2. The molecule has 20 heavy (non-hydrogen) atoms. The number of nitrogens with one attached hydrogen (secondary N) is 1. The average Bonchev–Trinajstić information content (AvgIpc) is 2.43. The van der Waals surface area contributed by atoms with Crippen LogP contribution in [0.15, 0.2) is 34.2 Å². The first kappa shape index (κ1) is 15.4. The number of hydrazine groups is 1. The van der Waals surface area contributed by atoms with Gasteiger partial charge in [0.1, 0.15) is 16.7 Å². The van der Waals surface area contributed by atoms with Crippen LogP contribution in [0.4, 0.5) is 5.82 Å². The predicted molar refractivity (Wildman–Crippen MR) is 84.4 cm³/mol. The summed E-state index contributed by atoms with van der Waals surface area (Å²) in [7, 11) is 0. The molecule has 2 aromatic rings. The van der Waals surface area contributed by atoms with E-state index in [9.17, 15) is 0 Å². The van der Waals surface area contributed by atoms with Gasteiger partial charge in [-0.1, -0.05) is 41.9 Å². The molecule has 0 saturated heterocycles. The summed E-state index contributed by atoms with van der Waals surface area (Å²) in [5.74, 6) is 6.80. The van der Waals surface area contributed by atoms with Gasteiger partial charge in [0.05, 0.1) is 10.0 Å². The van der Waals surface area contributed by atoms with Crippen LogP contribution < -0.4 is 11.3 Å². The van der Waals surface area contributed by atoms with Gasteiger partial charge in [-0.05, 0) is 24.6 Å². The lowest BCUT2D eigenvalue weighted by atomic mass is 10.3. The van der Waals surface area contributed by atoms with Crippen molar-refractivity contribution in [3.63, 3.8) is 0 Å². The van der Waals surface area contributed by atoms with E-state index in [-0.39, 0.29) is 0 Å². The summed E-state index contributed by atoms with van der Waals surface area (Å²) < 4.78 is 0. The number of rotatable bonds is 5. The van der Waals surface area contributed by atoms with Crippen molar-refractivity contribution in [2.75, 3.05) is 5.43 Å². The highest BCUT2D eigenvalue weighted by atomic mass is 35.5. The average molecular weight is 329 g/mol. The normalized spacial score (nSPS) is 10.6. The molecule has 0 unspecified atom stereocenters. The van der Waals surface area contributed by atoms with Crippen molar-refractivity contribution in [2.24, 2.45) is 5.84 Å². The third kappa shape index (κ3) is 3.99. The number of aryl methyl sites for hydroxylation is 1. The summed E-state index contributed by atoms with van der Waals surface area (Å²) in [4.78, 5) is 9.77. The smallest absolute Gasteiger partial charge is 0.144 e. The maximum absolute atomic E-state index is 6.01. The molecule has 0 amide bonds. The van der Waals surface area contributed by atoms with Gasteiger partial charge in [-0.15, -0.1) is 0 Å². The number of aromatic nitrogens is 2. The van der Waals surface area contributed by atoms with E-state index >= 15 is 0 Å². The molecule has 0 spiro atoms. The molecule has 1 aromatic heterocycles. The van der Waals surface area contributed by atoms with E-state index in [4.69, 9.17) is 29.0 Å². The van der Waals surface area contributed by atoms with Crippen molar-refractivity contribution in [2.45, 2.75) is 29.7 Å². The monoisotopic (exact) mass is 328 g/mol. The van der Waals surface area contributed by atoms with E-state index in [0.717, 1.165) is 28.6 Å². The number of nitrogen functional groups attached to an aromatic ring is 1. The quantitative estimate of drug-likeness (QED) is 0.490. The zero-order valence-electron chi connectivity index (χ0n) is 10.9. The highest BCUT2D eigenvalue weighted by molar-refractivity contribution is 7.99. The fourth-order valence-electron chi connectivity index (χ4n) is 1.60. The number of nitrogens with two attached hydrogens (primary N) is 1. The maximum Gasteiger partial charge on any atom is 0.144 e. The molecule has 0 radical (unpaired) electrons. The van der Waals surface area contributed by atoms with Crippen LogP contribution in [0.2, 0.25) is 10.0 Å². The van der Waals surface area contributed by atoms with Crippen molar-refractivity contribution in [1.82, 2.24) is 9.97 Å². The Morgan fingerprint density at radius 3 is 2.65 bits per heavy atom. The van der Waals surface area contributed by atoms with Crippen LogP contribution in [0, 0.1) is 0 Å². The topological polar surface area (TPSA) is 63.8 Å². The largest absolute Gasteiger partial charge is 0.308 e. The first-order valence-corrected chi connectivity index (χ1v) is 7.67. The highest BCUT2D eigenvalue weighted by Gasteiger charge is 2.07. The fraction of sp³-hybridized carbons (Fsp3) is 0.231. The fourth-order valence-corrected chi connectivity index (χ4v) is 2.83. The molecule has 0 aliphatic heterocycles. The summed E-state index contributed by atoms with van der Waals surface area (Å²) in [6.45, 7) is 2.08. The molecule has 1 aromatic carbocycles. The Labute approximate surface area is 132 Å². The second-order valence-electron chi connectivity index (χ2n) is 4.08. The molecular weight excluding hydrogens is 315 g/mol. The highest BCUT2D eigenvalue weighted by Crippen LogP contribution is 2.32. The molecule has 7 heteroatoms. The molecule has 0 aliphatic carbocycles. The molecule has 2 rings (SSSR count). The Bertz CT molecular complexity index is 607. The third-order valence-electron chi connectivity index (χ3n) is 2.48. The van der Waals surface area contributed by atoms with Crippen molar-refractivity contribution < 1.29 is 0 Å². The Hall–Kier alpha value is -1.01. The van der Waals surface area contributed by atoms with Crippen LogP contribution in [0.1, 0.15) is 19.2 Å². The Morgan fingerprint density at radius 1 is 1.20 bits per heavy atom. The molecule has 0 bridgehead atoms. The van der Waals surface area contributed by atoms with Crippen molar-refractivity contribution in [3.8, 4) is 0 Å². The van der Waals surface area contributed by atoms with Crippen molar-refractivity contribution in [3.05, 3.63) is 40.1 Å². The lowest BCUT2D eigenvalue weighted by molar-refractivity contribution is 0.810. The Morgan fingerprint density at radius 2 is 2.00 bits per heavy atom. The van der Waals surface area contributed by atoms with Gasteiger partial charge in [-0.3, -0.25) is 0 Å². The molecule has 0 saturated carbocycles. The predicted octanol–water partition coefficient (Wildman–Crippen LogP) is 4.17. The number of benzene rings is 1. The van der Waals surface area contributed by atoms with E-state index in [1.807, 2.05) is 12.1 Å². The molecule has 106 valence electrons. The first-order chi connectivity index (χ1) is 9.62. The molecule has 0 fully saturated rings. The summed E-state index contributed by atoms with van der Waals surface area (Å²) in [6, 6.07) is 7.27. The molecule has 1 heterocycles. The SMILES string of the molecule is CCCc1nc(NN)cc(Sc2ccc(Cl)c(Cl)c2)n1. The van der Waals surface area contributed by atoms with E-state index in [0.29, 0.717) is 15.9 Å². The van der Waals surface area contributed by atoms with Gasteiger partial charge in [0, 0.05) is 17.4 Å². The van der Waals surface area contributed by atoms with E-state index in [1.54, 1.807) is 12.1 Å². The van der Waals surface area contributed by atoms with E-state index in [1.165, 1.54) is 11.8 Å². The van der Waals surface area contributed by atoms with Crippen LogP contribution in [0.5, 0.6) is 0 Å². The number of hydrogen-bond donors (Lipinski definition) is 2. The van der Waals surface area contributed by atoms with Gasteiger partial charge in [0.25, 0.3) is 0 Å². The van der Waals surface area contributed by atoms with Gasteiger partial charge in [-0.25, -0.2) is 15.8 Å². The maximum atomic E-state index is 6.01. The summed E-state index contributed by atoms with van der Waals surface area (Å²) in [5, 5.41) is 1.88. The van der Waals surface area contributed by atoms with E-state index < -0.39 is 0 Å². The lowest BCUT2D eigenvalue weighted by Gasteiger charge is -2.07. The minimum atomic E-state index is 0.525. The van der Waals surface area contributed by atoms with Crippen LogP contribution in [-0.4, -0.2) is 9.97 Å². The zero-order chi connectivity index (χ0) is 14.5. The molecule has 0 aliphatic rings. The third-order valence-corrected chi connectivity index (χ3v) is 4.13. The van der Waals surface area contributed by atoms with Crippen LogP contribution in [-0.2, 0) is 6.42 Å². The molecular formula is C13H14Cl2N4S. The van der Waals surface area contributed by atoms with Gasteiger partial charge in [0.2, 0.25) is 0 Å². The van der Waals surface area contributed by atoms with Gasteiger partial charge < -0.3 is 5.43 Å². The number of halogens is 2. The number of hydrogen-bond acceptors (Lipinski definition) is 5. The second-order valence-corrected chi connectivity index (χ2v) is 5.99. The Balaban J connectivity index is 2.27. The minimum Gasteiger partial charge on any atom is -0.308 e. The molecule has 0 atom stereocenters. The van der Waals surface area contributed by atoms with Gasteiger partial charge in [-0.2, -0.15) is 0 Å². The van der Waals surface area contributed by atoms with Gasteiger partial charge >= 0.3 is 0 Å². The molecule has 3 N–H and O–H groups in total.